The zero-order valence-electron chi connectivity index (χ0n) is 12.7. The van der Waals surface area contributed by atoms with Crippen LogP contribution in [-0.2, 0) is 11.4 Å². The highest BCUT2D eigenvalue weighted by Crippen LogP contribution is 2.32. The first-order valence-corrected chi connectivity index (χ1v) is 7.15. The summed E-state index contributed by atoms with van der Waals surface area (Å²) in [5.74, 6) is 0.986. The van der Waals surface area contributed by atoms with Gasteiger partial charge in [-0.15, -0.1) is 0 Å². The van der Waals surface area contributed by atoms with Crippen molar-refractivity contribution in [1.29, 1.82) is 0 Å². The van der Waals surface area contributed by atoms with Crippen LogP contribution in [0.25, 0.3) is 10.8 Å². The molecule has 1 aromatic heterocycles. The topological polar surface area (TPSA) is 65.8 Å². The van der Waals surface area contributed by atoms with Crippen LogP contribution in [0.2, 0.25) is 0 Å². The van der Waals surface area contributed by atoms with Crippen LogP contribution in [0.1, 0.15) is 0 Å². The molecular weight excluding hydrogens is 286 g/mol. The number of morpholine rings is 1. The van der Waals surface area contributed by atoms with Gasteiger partial charge in [-0.2, -0.15) is 5.10 Å². The van der Waals surface area contributed by atoms with E-state index in [2.05, 4.69) is 10.00 Å². The third-order valence-electron chi connectivity index (χ3n) is 3.80. The fraction of sp³-hybridized carbons (Fsp3) is 0.467. The molecule has 1 aliphatic heterocycles. The van der Waals surface area contributed by atoms with Gasteiger partial charge in [-0.25, -0.2) is 4.68 Å². The molecule has 2 heterocycles. The lowest BCUT2D eigenvalue weighted by molar-refractivity contribution is 0.0205. The van der Waals surface area contributed by atoms with Crippen LogP contribution in [0.3, 0.4) is 0 Å². The smallest absolute Gasteiger partial charge is 0.279 e. The van der Waals surface area contributed by atoms with Crippen LogP contribution in [0, 0.1) is 0 Å². The molecule has 0 amide bonds. The van der Waals surface area contributed by atoms with E-state index in [1.165, 1.54) is 11.8 Å². The van der Waals surface area contributed by atoms with Gasteiger partial charge in [0, 0.05) is 18.5 Å². The highest BCUT2D eigenvalue weighted by Gasteiger charge is 2.17. The quantitative estimate of drug-likeness (QED) is 0.828. The molecule has 1 saturated heterocycles. The average molecular weight is 305 g/mol. The third-order valence-corrected chi connectivity index (χ3v) is 3.80. The van der Waals surface area contributed by atoms with Crippen molar-refractivity contribution in [2.45, 2.75) is 6.67 Å². The van der Waals surface area contributed by atoms with Crippen molar-refractivity contribution < 1.29 is 14.2 Å². The Hall–Kier alpha value is -2.12. The van der Waals surface area contributed by atoms with Gasteiger partial charge in [0.15, 0.2) is 11.5 Å². The Morgan fingerprint density at radius 3 is 2.68 bits per heavy atom. The molecule has 0 radical (unpaired) electrons. The predicted molar refractivity (Wildman–Crippen MR) is 81.5 cm³/mol. The summed E-state index contributed by atoms with van der Waals surface area (Å²) in [5, 5.41) is 5.48. The summed E-state index contributed by atoms with van der Waals surface area (Å²) in [6.45, 7) is 3.39. The largest absolute Gasteiger partial charge is 0.493 e. The summed E-state index contributed by atoms with van der Waals surface area (Å²) >= 11 is 0. The summed E-state index contributed by atoms with van der Waals surface area (Å²) < 4.78 is 17.4. The number of hydrogen-bond acceptors (Lipinski definition) is 6. The lowest BCUT2D eigenvalue weighted by Crippen LogP contribution is -2.40. The Labute approximate surface area is 128 Å². The van der Waals surface area contributed by atoms with Crippen molar-refractivity contribution in [3.63, 3.8) is 0 Å². The molecule has 0 bridgehead atoms. The highest BCUT2D eigenvalue weighted by molar-refractivity contribution is 5.89. The van der Waals surface area contributed by atoms with E-state index in [1.54, 1.807) is 19.4 Å². The van der Waals surface area contributed by atoms with Crippen molar-refractivity contribution in [3.8, 4) is 11.5 Å². The first-order valence-electron chi connectivity index (χ1n) is 7.15. The molecular formula is C15H19N3O4. The van der Waals surface area contributed by atoms with Crippen molar-refractivity contribution in [3.05, 3.63) is 28.7 Å². The first kappa shape index (κ1) is 14.8. The molecule has 0 aliphatic carbocycles. The molecule has 3 rings (SSSR count). The summed E-state index contributed by atoms with van der Waals surface area (Å²) in [5.41, 5.74) is -0.181. The number of methoxy groups -OCH3 is 2. The number of nitrogens with zero attached hydrogens (tertiary/aromatic N) is 3. The van der Waals surface area contributed by atoms with Gasteiger partial charge < -0.3 is 14.2 Å². The van der Waals surface area contributed by atoms with E-state index >= 15 is 0 Å². The van der Waals surface area contributed by atoms with E-state index < -0.39 is 0 Å². The lowest BCUT2D eigenvalue weighted by atomic mass is 10.1. The number of rotatable bonds is 4. The maximum absolute atomic E-state index is 12.8. The average Bonchev–Trinajstić information content (AvgIpc) is 2.57. The summed E-state index contributed by atoms with van der Waals surface area (Å²) in [6, 6.07) is 3.58. The minimum Gasteiger partial charge on any atom is -0.493 e. The Morgan fingerprint density at radius 1 is 1.23 bits per heavy atom. The summed E-state index contributed by atoms with van der Waals surface area (Å²) in [6.07, 6.45) is 1.68. The van der Waals surface area contributed by atoms with E-state index in [1.807, 2.05) is 6.07 Å². The van der Waals surface area contributed by atoms with Gasteiger partial charge in [0.25, 0.3) is 5.56 Å². The fourth-order valence-electron chi connectivity index (χ4n) is 2.62. The fourth-order valence-corrected chi connectivity index (χ4v) is 2.62. The molecule has 7 heteroatoms. The SMILES string of the molecule is COc1ccc2cnn(CN3CCOCC3)c(=O)c2c1OC. The maximum Gasteiger partial charge on any atom is 0.279 e. The highest BCUT2D eigenvalue weighted by atomic mass is 16.5. The minimum atomic E-state index is -0.181. The number of benzene rings is 1. The van der Waals surface area contributed by atoms with Gasteiger partial charge in [-0.05, 0) is 12.1 Å². The van der Waals surface area contributed by atoms with Crippen LogP contribution in [-0.4, -0.2) is 55.2 Å². The van der Waals surface area contributed by atoms with Gasteiger partial charge in [0.05, 0.1) is 45.7 Å². The van der Waals surface area contributed by atoms with Crippen molar-refractivity contribution in [1.82, 2.24) is 14.7 Å². The predicted octanol–water partition coefficient (Wildman–Crippen LogP) is 0.703. The number of hydrogen-bond donors (Lipinski definition) is 0. The van der Waals surface area contributed by atoms with Crippen LogP contribution < -0.4 is 15.0 Å². The Balaban J connectivity index is 2.05. The molecule has 7 nitrogen and oxygen atoms in total. The second-order valence-electron chi connectivity index (χ2n) is 5.09. The van der Waals surface area contributed by atoms with E-state index in [0.29, 0.717) is 36.8 Å². The Morgan fingerprint density at radius 2 is 2.00 bits per heavy atom. The van der Waals surface area contributed by atoms with Gasteiger partial charge in [0.2, 0.25) is 0 Å². The second-order valence-corrected chi connectivity index (χ2v) is 5.09. The lowest BCUT2D eigenvalue weighted by Gasteiger charge is -2.26. The molecule has 0 saturated carbocycles. The molecule has 1 fully saturated rings. The molecule has 0 atom stereocenters. The molecule has 0 unspecified atom stereocenters. The van der Waals surface area contributed by atoms with Gasteiger partial charge >= 0.3 is 0 Å². The van der Waals surface area contributed by atoms with Gasteiger partial charge in [0.1, 0.15) is 0 Å². The van der Waals surface area contributed by atoms with Gasteiger partial charge in [-0.3, -0.25) is 9.69 Å². The van der Waals surface area contributed by atoms with Crippen molar-refractivity contribution >= 4 is 10.8 Å². The van der Waals surface area contributed by atoms with E-state index in [-0.39, 0.29) is 5.56 Å². The van der Waals surface area contributed by atoms with E-state index in [4.69, 9.17) is 14.2 Å². The van der Waals surface area contributed by atoms with Crippen LogP contribution in [0.4, 0.5) is 0 Å². The molecule has 0 spiro atoms. The number of aromatic nitrogens is 2. The monoisotopic (exact) mass is 305 g/mol. The Bertz CT molecular complexity index is 723. The zero-order valence-corrected chi connectivity index (χ0v) is 12.7. The van der Waals surface area contributed by atoms with Crippen molar-refractivity contribution in [2.75, 3.05) is 40.5 Å². The normalized spacial score (nSPS) is 15.9. The molecule has 118 valence electrons. The minimum absolute atomic E-state index is 0.181. The van der Waals surface area contributed by atoms with Crippen LogP contribution in [0.15, 0.2) is 23.1 Å². The van der Waals surface area contributed by atoms with E-state index in [9.17, 15) is 4.79 Å². The number of fused-ring (bicyclic) bond motifs is 1. The summed E-state index contributed by atoms with van der Waals surface area (Å²) in [4.78, 5) is 14.9. The first-order chi connectivity index (χ1) is 10.7. The van der Waals surface area contributed by atoms with Crippen LogP contribution >= 0.6 is 0 Å². The molecule has 2 aromatic rings. The standard InChI is InChI=1S/C15H19N3O4/c1-20-12-4-3-11-9-16-18(10-17-5-7-22-8-6-17)15(19)13(11)14(12)21-2/h3-4,9H,5-8,10H2,1-2H3. The number of ether oxygens (including phenoxy) is 3. The molecule has 1 aliphatic rings. The maximum atomic E-state index is 12.8. The molecule has 0 N–H and O–H groups in total. The zero-order chi connectivity index (χ0) is 15.5. The van der Waals surface area contributed by atoms with Crippen molar-refractivity contribution in [2.24, 2.45) is 0 Å². The van der Waals surface area contributed by atoms with Gasteiger partial charge in [-0.1, -0.05) is 0 Å². The van der Waals surface area contributed by atoms with Crippen LogP contribution in [0.5, 0.6) is 11.5 Å². The van der Waals surface area contributed by atoms with E-state index in [0.717, 1.165) is 18.5 Å². The third kappa shape index (κ3) is 2.65. The Kier molecular flexibility index (Phi) is 4.26. The second kappa shape index (κ2) is 6.33. The summed E-state index contributed by atoms with van der Waals surface area (Å²) in [7, 11) is 3.08. The molecule has 1 aromatic carbocycles. The molecule has 22 heavy (non-hydrogen) atoms.